The van der Waals surface area contributed by atoms with E-state index in [4.69, 9.17) is 10.00 Å². The van der Waals surface area contributed by atoms with Crippen LogP contribution in [0, 0.1) is 28.9 Å². The molecule has 1 fully saturated rings. The first-order valence-corrected chi connectivity index (χ1v) is 7.27. The normalized spacial score (nSPS) is 17.0. The molecule has 1 aliphatic rings. The molecule has 1 aromatic carbocycles. The van der Waals surface area contributed by atoms with E-state index in [2.05, 4.69) is 18.7 Å². The molecule has 114 valence electrons. The third-order valence-electron chi connectivity index (χ3n) is 3.99. The predicted octanol–water partition coefficient (Wildman–Crippen LogP) is 3.34. The van der Waals surface area contributed by atoms with Crippen LogP contribution in [-0.4, -0.2) is 30.6 Å². The van der Waals surface area contributed by atoms with Gasteiger partial charge in [0.1, 0.15) is 29.0 Å². The van der Waals surface area contributed by atoms with Crippen LogP contribution < -0.4 is 4.74 Å². The largest absolute Gasteiger partial charge is 0.493 e. The number of ether oxygens (including phenoxy) is 1. The van der Waals surface area contributed by atoms with E-state index in [0.29, 0.717) is 18.6 Å². The van der Waals surface area contributed by atoms with E-state index in [0.717, 1.165) is 38.1 Å². The minimum atomic E-state index is -0.873. The molecule has 0 radical (unpaired) electrons. The van der Waals surface area contributed by atoms with Crippen molar-refractivity contribution in [3.05, 3.63) is 29.3 Å². The van der Waals surface area contributed by atoms with E-state index in [-0.39, 0.29) is 5.75 Å². The van der Waals surface area contributed by atoms with Crippen molar-refractivity contribution >= 4 is 0 Å². The van der Waals surface area contributed by atoms with Crippen LogP contribution >= 0.6 is 0 Å². The van der Waals surface area contributed by atoms with Crippen LogP contribution in [0.3, 0.4) is 0 Å². The molecule has 0 unspecified atom stereocenters. The molecule has 0 N–H and O–H groups in total. The Labute approximate surface area is 124 Å². The maximum absolute atomic E-state index is 13.5. The second-order valence-corrected chi connectivity index (χ2v) is 5.76. The Morgan fingerprint density at radius 1 is 1.29 bits per heavy atom. The molecule has 0 spiro atoms. The van der Waals surface area contributed by atoms with Gasteiger partial charge in [-0.3, -0.25) is 0 Å². The zero-order valence-corrected chi connectivity index (χ0v) is 12.4. The molecule has 2 rings (SSSR count). The first-order valence-electron chi connectivity index (χ1n) is 7.27. The molecule has 3 nitrogen and oxygen atoms in total. The molecule has 0 aliphatic carbocycles. The van der Waals surface area contributed by atoms with Crippen LogP contribution in [0.15, 0.2) is 12.1 Å². The number of nitrogens with zero attached hydrogens (tertiary/aromatic N) is 2. The molecule has 1 aromatic rings. The van der Waals surface area contributed by atoms with Crippen molar-refractivity contribution in [3.63, 3.8) is 0 Å². The van der Waals surface area contributed by atoms with E-state index < -0.39 is 17.2 Å². The van der Waals surface area contributed by atoms with Gasteiger partial charge < -0.3 is 9.64 Å². The van der Waals surface area contributed by atoms with E-state index in [9.17, 15) is 8.78 Å². The van der Waals surface area contributed by atoms with Crippen molar-refractivity contribution in [3.8, 4) is 11.8 Å². The predicted molar refractivity (Wildman–Crippen MR) is 76.0 cm³/mol. The first-order chi connectivity index (χ1) is 10.0. The van der Waals surface area contributed by atoms with Crippen LogP contribution in [0.5, 0.6) is 5.75 Å². The lowest BCUT2D eigenvalue weighted by Crippen LogP contribution is -2.39. The van der Waals surface area contributed by atoms with Gasteiger partial charge in [0.05, 0.1) is 6.61 Å². The van der Waals surface area contributed by atoms with Gasteiger partial charge in [-0.1, -0.05) is 0 Å². The van der Waals surface area contributed by atoms with Crippen molar-refractivity contribution in [1.82, 2.24) is 4.90 Å². The molecular weight excluding hydrogens is 274 g/mol. The smallest absolute Gasteiger partial charge is 0.147 e. The topological polar surface area (TPSA) is 36.3 Å². The number of hydrogen-bond donors (Lipinski definition) is 0. The van der Waals surface area contributed by atoms with Gasteiger partial charge in [0.2, 0.25) is 0 Å². The Morgan fingerprint density at radius 3 is 2.33 bits per heavy atom. The van der Waals surface area contributed by atoms with Crippen molar-refractivity contribution in [1.29, 1.82) is 5.26 Å². The Balaban J connectivity index is 1.89. The van der Waals surface area contributed by atoms with Crippen LogP contribution in [0.2, 0.25) is 0 Å². The Morgan fingerprint density at radius 2 is 1.86 bits per heavy atom. The lowest BCUT2D eigenvalue weighted by Gasteiger charge is -2.34. The second-order valence-electron chi connectivity index (χ2n) is 5.76. The summed E-state index contributed by atoms with van der Waals surface area (Å²) in [5.74, 6) is -1.19. The van der Waals surface area contributed by atoms with E-state index >= 15 is 0 Å². The number of hydrogen-bond acceptors (Lipinski definition) is 3. The highest BCUT2D eigenvalue weighted by atomic mass is 19.1. The molecule has 1 aliphatic heterocycles. The van der Waals surface area contributed by atoms with Gasteiger partial charge in [0.25, 0.3) is 0 Å². The highest BCUT2D eigenvalue weighted by molar-refractivity contribution is 5.37. The molecule has 5 heteroatoms. The van der Waals surface area contributed by atoms with Gasteiger partial charge in [-0.05, 0) is 45.7 Å². The average molecular weight is 294 g/mol. The Hall–Kier alpha value is -1.67. The van der Waals surface area contributed by atoms with Gasteiger partial charge in [-0.2, -0.15) is 5.26 Å². The van der Waals surface area contributed by atoms with E-state index in [1.165, 1.54) is 6.07 Å². The monoisotopic (exact) mass is 294 g/mol. The number of rotatable bonds is 4. The van der Waals surface area contributed by atoms with Crippen molar-refractivity contribution in [2.75, 3.05) is 19.7 Å². The zero-order valence-electron chi connectivity index (χ0n) is 12.4. The summed E-state index contributed by atoms with van der Waals surface area (Å²) in [6, 6.07) is 4.20. The molecule has 0 saturated carbocycles. The average Bonchev–Trinajstić information content (AvgIpc) is 2.45. The standard InChI is InChI=1S/C16H20F2N2O/c1-11(2)20-5-3-12(4-6-20)10-21-13-7-15(17)14(9-19)16(18)8-13/h7-8,11-12H,3-6,10H2,1-2H3. The summed E-state index contributed by atoms with van der Waals surface area (Å²) < 4.78 is 32.4. The van der Waals surface area contributed by atoms with Crippen molar-refractivity contribution in [2.24, 2.45) is 5.92 Å². The maximum atomic E-state index is 13.5. The van der Waals surface area contributed by atoms with Crippen molar-refractivity contribution in [2.45, 2.75) is 32.7 Å². The van der Waals surface area contributed by atoms with Gasteiger partial charge >= 0.3 is 0 Å². The highest BCUT2D eigenvalue weighted by Crippen LogP contribution is 2.23. The van der Waals surface area contributed by atoms with E-state index in [1.54, 1.807) is 0 Å². The van der Waals surface area contributed by atoms with Crippen LogP contribution in [0.1, 0.15) is 32.3 Å². The number of benzene rings is 1. The van der Waals surface area contributed by atoms with Crippen LogP contribution in [0.4, 0.5) is 8.78 Å². The summed E-state index contributed by atoms with van der Waals surface area (Å²) >= 11 is 0. The van der Waals surface area contributed by atoms with E-state index in [1.807, 2.05) is 0 Å². The summed E-state index contributed by atoms with van der Waals surface area (Å²) in [6.07, 6.45) is 2.05. The molecule has 0 aromatic heterocycles. The number of halogens is 2. The zero-order chi connectivity index (χ0) is 15.4. The Kier molecular flexibility index (Phi) is 5.13. The summed E-state index contributed by atoms with van der Waals surface area (Å²) in [6.45, 7) is 6.87. The van der Waals surface area contributed by atoms with Gasteiger partial charge in [0.15, 0.2) is 0 Å². The number of piperidine rings is 1. The summed E-state index contributed by atoms with van der Waals surface area (Å²) in [4.78, 5) is 2.41. The fourth-order valence-electron chi connectivity index (χ4n) is 2.59. The third kappa shape index (κ3) is 3.92. The van der Waals surface area contributed by atoms with Gasteiger partial charge in [-0.25, -0.2) is 8.78 Å². The summed E-state index contributed by atoms with van der Waals surface area (Å²) in [5.41, 5.74) is -0.562. The quantitative estimate of drug-likeness (QED) is 0.854. The molecule has 0 atom stereocenters. The summed E-state index contributed by atoms with van der Waals surface area (Å²) in [7, 11) is 0. The lowest BCUT2D eigenvalue weighted by molar-refractivity contribution is 0.119. The lowest BCUT2D eigenvalue weighted by atomic mass is 9.97. The molecule has 0 bridgehead atoms. The minimum Gasteiger partial charge on any atom is -0.493 e. The van der Waals surface area contributed by atoms with Crippen LogP contribution in [0.25, 0.3) is 0 Å². The number of likely N-dealkylation sites (tertiary alicyclic amines) is 1. The minimum absolute atomic E-state index is 0.148. The fourth-order valence-corrected chi connectivity index (χ4v) is 2.59. The highest BCUT2D eigenvalue weighted by Gasteiger charge is 2.21. The SMILES string of the molecule is CC(C)N1CCC(COc2cc(F)c(C#N)c(F)c2)CC1. The van der Waals surface area contributed by atoms with Crippen molar-refractivity contribution < 1.29 is 13.5 Å². The summed E-state index contributed by atoms with van der Waals surface area (Å²) in [5, 5.41) is 8.62. The molecule has 1 heterocycles. The molecule has 0 amide bonds. The Bertz CT molecular complexity index is 509. The maximum Gasteiger partial charge on any atom is 0.147 e. The van der Waals surface area contributed by atoms with Gasteiger partial charge in [0, 0.05) is 18.2 Å². The van der Waals surface area contributed by atoms with Gasteiger partial charge in [-0.15, -0.1) is 0 Å². The number of nitriles is 1. The third-order valence-corrected chi connectivity index (χ3v) is 3.99. The van der Waals surface area contributed by atoms with Crippen LogP contribution in [-0.2, 0) is 0 Å². The fraction of sp³-hybridized carbons (Fsp3) is 0.562. The second kappa shape index (κ2) is 6.86. The molecule has 21 heavy (non-hydrogen) atoms. The first kappa shape index (κ1) is 15.7. The molecule has 1 saturated heterocycles. The molecular formula is C16H20F2N2O.